The van der Waals surface area contributed by atoms with Gasteiger partial charge in [0.2, 0.25) is 0 Å². The van der Waals surface area contributed by atoms with Crippen molar-refractivity contribution in [3.05, 3.63) is 63.6 Å². The van der Waals surface area contributed by atoms with Gasteiger partial charge in [-0.3, -0.25) is 0 Å². The number of halogens is 2. The minimum absolute atomic E-state index is 0.681. The van der Waals surface area contributed by atoms with Crippen LogP contribution in [-0.4, -0.2) is 9.97 Å². The fraction of sp³-hybridized carbons (Fsp3) is 0.0556. The summed E-state index contributed by atoms with van der Waals surface area (Å²) in [6, 6.07) is 15.6. The zero-order valence-electron chi connectivity index (χ0n) is 12.2. The van der Waals surface area contributed by atoms with E-state index in [2.05, 4.69) is 38.9 Å². The van der Waals surface area contributed by atoms with Crippen molar-refractivity contribution in [1.82, 2.24) is 9.97 Å². The minimum atomic E-state index is 0.681. The zero-order chi connectivity index (χ0) is 16.0. The second-order valence-electron chi connectivity index (χ2n) is 5.39. The van der Waals surface area contributed by atoms with Gasteiger partial charge in [0.25, 0.3) is 0 Å². The monoisotopic (exact) mass is 386 g/mol. The molecule has 0 atom stereocenters. The molecule has 0 radical (unpaired) electrons. The van der Waals surface area contributed by atoms with Gasteiger partial charge in [0.05, 0.1) is 11.0 Å². The SMILES string of the molecule is Cc1ccc2nc(-c3ccc(-c4ccc(Cl)cc4Br)o3)[nH]c2c1. The van der Waals surface area contributed by atoms with Gasteiger partial charge in [-0.05, 0) is 70.9 Å². The van der Waals surface area contributed by atoms with Crippen LogP contribution in [0, 0.1) is 6.92 Å². The summed E-state index contributed by atoms with van der Waals surface area (Å²) in [4.78, 5) is 7.89. The first kappa shape index (κ1) is 14.5. The molecule has 5 heteroatoms. The Morgan fingerprint density at radius 3 is 2.70 bits per heavy atom. The molecule has 0 aliphatic rings. The predicted octanol–water partition coefficient (Wildman–Crippen LogP) is 6.21. The number of fused-ring (bicyclic) bond motifs is 1. The highest BCUT2D eigenvalue weighted by Gasteiger charge is 2.13. The third-order valence-corrected chi connectivity index (χ3v) is 4.56. The molecule has 0 saturated carbocycles. The molecule has 4 aromatic rings. The van der Waals surface area contributed by atoms with E-state index in [1.54, 1.807) is 0 Å². The molecule has 0 fully saturated rings. The molecule has 0 amide bonds. The first-order valence-corrected chi connectivity index (χ1v) is 8.29. The second kappa shape index (κ2) is 5.55. The Morgan fingerprint density at radius 1 is 1.04 bits per heavy atom. The van der Waals surface area contributed by atoms with Crippen molar-refractivity contribution in [1.29, 1.82) is 0 Å². The molecule has 2 aromatic carbocycles. The summed E-state index contributed by atoms with van der Waals surface area (Å²) in [5.74, 6) is 2.19. The average molecular weight is 388 g/mol. The molecule has 3 nitrogen and oxygen atoms in total. The van der Waals surface area contributed by atoms with Crippen LogP contribution in [0.3, 0.4) is 0 Å². The number of furan rings is 1. The Hall–Kier alpha value is -2.04. The molecule has 0 aliphatic heterocycles. The number of hydrogen-bond acceptors (Lipinski definition) is 2. The Kier molecular flexibility index (Phi) is 3.51. The Bertz CT molecular complexity index is 1020. The summed E-state index contributed by atoms with van der Waals surface area (Å²) >= 11 is 9.51. The lowest BCUT2D eigenvalue weighted by molar-refractivity contribution is 0.593. The molecule has 0 bridgehead atoms. The smallest absolute Gasteiger partial charge is 0.174 e. The third-order valence-electron chi connectivity index (χ3n) is 3.67. The van der Waals surface area contributed by atoms with Crippen molar-refractivity contribution in [2.45, 2.75) is 6.92 Å². The molecule has 1 N–H and O–H groups in total. The van der Waals surface area contributed by atoms with Crippen molar-refractivity contribution < 1.29 is 4.42 Å². The molecule has 4 rings (SSSR count). The van der Waals surface area contributed by atoms with Crippen LogP contribution in [0.5, 0.6) is 0 Å². The lowest BCUT2D eigenvalue weighted by Gasteiger charge is -2.01. The van der Waals surface area contributed by atoms with Gasteiger partial charge in [0, 0.05) is 15.1 Å². The van der Waals surface area contributed by atoms with Gasteiger partial charge >= 0.3 is 0 Å². The number of H-pyrrole nitrogens is 1. The summed E-state index contributed by atoms with van der Waals surface area (Å²) in [6.07, 6.45) is 0. The molecular formula is C18H12BrClN2O. The van der Waals surface area contributed by atoms with E-state index in [9.17, 15) is 0 Å². The quantitative estimate of drug-likeness (QED) is 0.444. The van der Waals surface area contributed by atoms with E-state index in [1.165, 1.54) is 5.56 Å². The number of aromatic nitrogens is 2. The summed E-state index contributed by atoms with van der Waals surface area (Å²) in [5, 5.41) is 0.681. The van der Waals surface area contributed by atoms with Crippen molar-refractivity contribution in [3.8, 4) is 22.9 Å². The van der Waals surface area contributed by atoms with E-state index >= 15 is 0 Å². The van der Waals surface area contributed by atoms with Crippen LogP contribution in [0.4, 0.5) is 0 Å². The van der Waals surface area contributed by atoms with Crippen LogP contribution < -0.4 is 0 Å². The van der Waals surface area contributed by atoms with Crippen LogP contribution >= 0.6 is 27.5 Å². The lowest BCUT2D eigenvalue weighted by atomic mass is 10.2. The summed E-state index contributed by atoms with van der Waals surface area (Å²) in [5.41, 5.74) is 4.08. The van der Waals surface area contributed by atoms with Gasteiger partial charge in [-0.1, -0.05) is 17.7 Å². The van der Waals surface area contributed by atoms with Crippen LogP contribution in [-0.2, 0) is 0 Å². The van der Waals surface area contributed by atoms with E-state index in [1.807, 2.05) is 42.5 Å². The number of aromatic amines is 1. The molecular weight excluding hydrogens is 376 g/mol. The first-order chi connectivity index (χ1) is 11.1. The molecule has 0 aliphatic carbocycles. The largest absolute Gasteiger partial charge is 0.453 e. The molecule has 114 valence electrons. The maximum absolute atomic E-state index is 5.99. The molecule has 0 unspecified atom stereocenters. The van der Waals surface area contributed by atoms with E-state index in [0.717, 1.165) is 32.7 Å². The second-order valence-corrected chi connectivity index (χ2v) is 6.68. The average Bonchev–Trinajstić information content (AvgIpc) is 3.12. The van der Waals surface area contributed by atoms with Crippen molar-refractivity contribution in [2.24, 2.45) is 0 Å². The van der Waals surface area contributed by atoms with E-state index < -0.39 is 0 Å². The van der Waals surface area contributed by atoms with Crippen molar-refractivity contribution in [2.75, 3.05) is 0 Å². The normalized spacial score (nSPS) is 11.3. The van der Waals surface area contributed by atoms with Crippen LogP contribution in [0.15, 0.2) is 57.4 Å². The third kappa shape index (κ3) is 2.69. The standard InChI is InChI=1S/C18H12BrClN2O/c1-10-2-5-14-15(8-10)22-18(21-14)17-7-6-16(23-17)12-4-3-11(20)9-13(12)19/h2-9H,1H3,(H,21,22). The Labute approximate surface area is 146 Å². The minimum Gasteiger partial charge on any atom is -0.453 e. The van der Waals surface area contributed by atoms with Gasteiger partial charge < -0.3 is 9.40 Å². The van der Waals surface area contributed by atoms with Crippen molar-refractivity contribution >= 4 is 38.6 Å². The summed E-state index contributed by atoms with van der Waals surface area (Å²) in [7, 11) is 0. The number of nitrogens with zero attached hydrogens (tertiary/aromatic N) is 1. The van der Waals surface area contributed by atoms with E-state index in [4.69, 9.17) is 16.0 Å². The number of benzene rings is 2. The molecule has 0 saturated heterocycles. The number of nitrogens with one attached hydrogen (secondary N) is 1. The molecule has 23 heavy (non-hydrogen) atoms. The van der Waals surface area contributed by atoms with Gasteiger partial charge in [-0.25, -0.2) is 4.98 Å². The first-order valence-electron chi connectivity index (χ1n) is 7.12. The molecule has 0 spiro atoms. The fourth-order valence-electron chi connectivity index (χ4n) is 2.54. The van der Waals surface area contributed by atoms with Gasteiger partial charge in [-0.2, -0.15) is 0 Å². The molecule has 2 heterocycles. The highest BCUT2D eigenvalue weighted by Crippen LogP contribution is 2.34. The Morgan fingerprint density at radius 2 is 1.87 bits per heavy atom. The number of rotatable bonds is 2. The van der Waals surface area contributed by atoms with Gasteiger partial charge in [0.1, 0.15) is 5.76 Å². The zero-order valence-corrected chi connectivity index (χ0v) is 14.6. The highest BCUT2D eigenvalue weighted by atomic mass is 79.9. The van der Waals surface area contributed by atoms with Crippen LogP contribution in [0.1, 0.15) is 5.56 Å². The Balaban J connectivity index is 1.76. The summed E-state index contributed by atoms with van der Waals surface area (Å²) in [6.45, 7) is 2.06. The van der Waals surface area contributed by atoms with Crippen LogP contribution in [0.2, 0.25) is 5.02 Å². The maximum atomic E-state index is 5.99. The maximum Gasteiger partial charge on any atom is 0.174 e. The van der Waals surface area contributed by atoms with E-state index in [-0.39, 0.29) is 0 Å². The lowest BCUT2D eigenvalue weighted by Crippen LogP contribution is -1.77. The highest BCUT2D eigenvalue weighted by molar-refractivity contribution is 9.10. The number of imidazole rings is 1. The van der Waals surface area contributed by atoms with E-state index in [0.29, 0.717) is 10.8 Å². The molecule has 2 aromatic heterocycles. The van der Waals surface area contributed by atoms with Crippen LogP contribution in [0.25, 0.3) is 33.9 Å². The summed E-state index contributed by atoms with van der Waals surface area (Å²) < 4.78 is 6.86. The number of hydrogen-bond donors (Lipinski definition) is 1. The van der Waals surface area contributed by atoms with Gasteiger partial charge in [0.15, 0.2) is 11.6 Å². The topological polar surface area (TPSA) is 41.8 Å². The van der Waals surface area contributed by atoms with Gasteiger partial charge in [-0.15, -0.1) is 0 Å². The predicted molar refractivity (Wildman–Crippen MR) is 96.7 cm³/mol. The fourth-order valence-corrected chi connectivity index (χ4v) is 3.42. The van der Waals surface area contributed by atoms with Crippen molar-refractivity contribution in [3.63, 3.8) is 0 Å². The number of aryl methyl sites for hydroxylation is 1.